The van der Waals surface area contributed by atoms with Gasteiger partial charge in [0.1, 0.15) is 6.61 Å². The molecule has 1 aliphatic heterocycles. The Bertz CT molecular complexity index is 1150. The predicted molar refractivity (Wildman–Crippen MR) is 105 cm³/mol. The van der Waals surface area contributed by atoms with Crippen LogP contribution in [0.2, 0.25) is 0 Å². The number of hydrogen-bond acceptors (Lipinski definition) is 4. The van der Waals surface area contributed by atoms with Gasteiger partial charge in [-0.25, -0.2) is 0 Å². The van der Waals surface area contributed by atoms with Gasteiger partial charge < -0.3 is 14.0 Å². The molecule has 2 heterocycles. The lowest BCUT2D eigenvalue weighted by Crippen LogP contribution is -2.36. The number of rotatable bonds is 2. The summed E-state index contributed by atoms with van der Waals surface area (Å²) < 4.78 is 14.4. The number of benzene rings is 2. The van der Waals surface area contributed by atoms with E-state index in [1.807, 2.05) is 36.6 Å². The Morgan fingerprint density at radius 3 is 2.89 bits per heavy atom. The SMILES string of the molecule is C#CCn1c(=NC(=O)[C@@H]2COc3ccccc3O2)sc2c(C)cc(C)cc21. The van der Waals surface area contributed by atoms with Crippen molar-refractivity contribution in [3.05, 3.63) is 52.3 Å². The quantitative estimate of drug-likeness (QED) is 0.644. The first-order chi connectivity index (χ1) is 13.1. The number of aryl methyl sites for hydroxylation is 2. The summed E-state index contributed by atoms with van der Waals surface area (Å²) >= 11 is 1.46. The van der Waals surface area contributed by atoms with E-state index in [1.165, 1.54) is 11.3 Å². The van der Waals surface area contributed by atoms with Gasteiger partial charge >= 0.3 is 0 Å². The van der Waals surface area contributed by atoms with Crippen LogP contribution in [-0.2, 0) is 11.3 Å². The van der Waals surface area contributed by atoms with Gasteiger partial charge in [0.25, 0.3) is 5.91 Å². The number of nitrogens with zero attached hydrogens (tertiary/aromatic N) is 2. The molecule has 0 fully saturated rings. The van der Waals surface area contributed by atoms with Crippen molar-refractivity contribution in [1.29, 1.82) is 0 Å². The van der Waals surface area contributed by atoms with Crippen molar-refractivity contribution in [1.82, 2.24) is 4.57 Å². The molecule has 1 aliphatic rings. The minimum atomic E-state index is -0.771. The molecule has 0 radical (unpaired) electrons. The standard InChI is InChI=1S/C21H18N2O3S/c1-4-9-23-15-11-13(2)10-14(3)19(15)27-21(23)22-20(24)18-12-25-16-7-5-6-8-17(16)26-18/h1,5-8,10-11,18H,9,12H2,2-3H3/t18-/m0/s1. The topological polar surface area (TPSA) is 52.8 Å². The van der Waals surface area contributed by atoms with E-state index < -0.39 is 6.10 Å². The third-order valence-corrected chi connectivity index (χ3v) is 5.58. The number of hydrogen-bond donors (Lipinski definition) is 0. The highest BCUT2D eigenvalue weighted by molar-refractivity contribution is 7.16. The molecule has 136 valence electrons. The van der Waals surface area contributed by atoms with Crippen LogP contribution in [0.4, 0.5) is 0 Å². The summed E-state index contributed by atoms with van der Waals surface area (Å²) in [7, 11) is 0. The van der Waals surface area contributed by atoms with Gasteiger partial charge in [-0.2, -0.15) is 4.99 Å². The van der Waals surface area contributed by atoms with E-state index in [-0.39, 0.29) is 12.5 Å². The van der Waals surface area contributed by atoms with Crippen LogP contribution in [0.1, 0.15) is 11.1 Å². The molecular formula is C21H18N2O3S. The number of carbonyl (C=O) groups excluding carboxylic acids is 1. The van der Waals surface area contributed by atoms with Crippen LogP contribution in [0.15, 0.2) is 41.4 Å². The smallest absolute Gasteiger partial charge is 0.292 e. The lowest BCUT2D eigenvalue weighted by atomic mass is 10.1. The molecular weight excluding hydrogens is 360 g/mol. The Morgan fingerprint density at radius 1 is 1.33 bits per heavy atom. The molecule has 5 nitrogen and oxygen atoms in total. The Labute approximate surface area is 160 Å². The molecule has 27 heavy (non-hydrogen) atoms. The fraction of sp³-hybridized carbons (Fsp3) is 0.238. The molecule has 0 bridgehead atoms. The number of aromatic nitrogens is 1. The van der Waals surface area contributed by atoms with Crippen LogP contribution in [0.25, 0.3) is 10.2 Å². The summed E-state index contributed by atoms with van der Waals surface area (Å²) in [4.78, 5) is 17.6. The second-order valence-electron chi connectivity index (χ2n) is 6.42. The minimum absolute atomic E-state index is 0.136. The summed E-state index contributed by atoms with van der Waals surface area (Å²) in [6.45, 7) is 4.57. The number of fused-ring (bicyclic) bond motifs is 2. The molecule has 4 rings (SSSR count). The van der Waals surface area contributed by atoms with E-state index >= 15 is 0 Å². The van der Waals surface area contributed by atoms with Crippen LogP contribution >= 0.6 is 11.3 Å². The van der Waals surface area contributed by atoms with Crippen LogP contribution < -0.4 is 14.3 Å². The summed E-state index contributed by atoms with van der Waals surface area (Å²) in [6.07, 6.45) is 4.77. The lowest BCUT2D eigenvalue weighted by Gasteiger charge is -2.23. The Balaban J connectivity index is 1.74. The van der Waals surface area contributed by atoms with E-state index in [2.05, 4.69) is 23.0 Å². The summed E-state index contributed by atoms with van der Waals surface area (Å²) in [5, 5.41) is 0. The maximum Gasteiger partial charge on any atom is 0.292 e. The average molecular weight is 378 g/mol. The predicted octanol–water partition coefficient (Wildman–Crippen LogP) is 3.22. The molecule has 3 aromatic rings. The number of ether oxygens (including phenoxy) is 2. The highest BCUT2D eigenvalue weighted by Crippen LogP contribution is 2.31. The zero-order valence-electron chi connectivity index (χ0n) is 15.1. The molecule has 0 unspecified atom stereocenters. The van der Waals surface area contributed by atoms with Crippen molar-refractivity contribution < 1.29 is 14.3 Å². The molecule has 0 saturated heterocycles. The monoisotopic (exact) mass is 378 g/mol. The van der Waals surface area contributed by atoms with Crippen LogP contribution in [-0.4, -0.2) is 23.2 Å². The second kappa shape index (κ2) is 6.93. The largest absolute Gasteiger partial charge is 0.485 e. The van der Waals surface area contributed by atoms with Crippen LogP contribution in [0.5, 0.6) is 11.5 Å². The average Bonchev–Trinajstić information content (AvgIpc) is 2.99. The van der Waals surface area contributed by atoms with Gasteiger partial charge in [0, 0.05) is 0 Å². The molecule has 0 spiro atoms. The van der Waals surface area contributed by atoms with E-state index in [0.29, 0.717) is 22.8 Å². The van der Waals surface area contributed by atoms with Gasteiger partial charge in [0.2, 0.25) is 6.10 Å². The van der Waals surface area contributed by atoms with Gasteiger partial charge in [0.05, 0.1) is 16.8 Å². The van der Waals surface area contributed by atoms with Gasteiger partial charge in [-0.05, 0) is 43.2 Å². The number of para-hydroxylation sites is 2. The molecule has 2 aromatic carbocycles. The van der Waals surface area contributed by atoms with E-state index in [9.17, 15) is 4.79 Å². The van der Waals surface area contributed by atoms with Crippen molar-refractivity contribution in [2.24, 2.45) is 4.99 Å². The maximum atomic E-state index is 12.7. The minimum Gasteiger partial charge on any atom is -0.485 e. The number of amides is 1. The highest BCUT2D eigenvalue weighted by Gasteiger charge is 2.27. The van der Waals surface area contributed by atoms with Gasteiger partial charge in [-0.1, -0.05) is 35.5 Å². The second-order valence-corrected chi connectivity index (χ2v) is 7.40. The fourth-order valence-corrected chi connectivity index (χ4v) is 4.23. The summed E-state index contributed by atoms with van der Waals surface area (Å²) in [5.41, 5.74) is 3.27. The highest BCUT2D eigenvalue weighted by atomic mass is 32.1. The number of thiazole rings is 1. The first kappa shape index (κ1) is 17.4. The lowest BCUT2D eigenvalue weighted by molar-refractivity contribution is -0.127. The third-order valence-electron chi connectivity index (χ3n) is 4.35. The fourth-order valence-electron chi connectivity index (χ4n) is 3.15. The van der Waals surface area contributed by atoms with Gasteiger partial charge in [-0.3, -0.25) is 4.79 Å². The molecule has 0 aliphatic carbocycles. The Hall–Kier alpha value is -3.04. The van der Waals surface area contributed by atoms with Crippen molar-refractivity contribution in [2.75, 3.05) is 6.61 Å². The van der Waals surface area contributed by atoms with Crippen molar-refractivity contribution in [2.45, 2.75) is 26.5 Å². The normalized spacial score (nSPS) is 16.3. The number of carbonyl (C=O) groups is 1. The first-order valence-corrected chi connectivity index (χ1v) is 9.39. The first-order valence-electron chi connectivity index (χ1n) is 8.58. The van der Waals surface area contributed by atoms with Crippen LogP contribution in [0.3, 0.4) is 0 Å². The van der Waals surface area contributed by atoms with Crippen molar-refractivity contribution in [3.63, 3.8) is 0 Å². The molecule has 0 saturated carbocycles. The summed E-state index contributed by atoms with van der Waals surface area (Å²) in [6, 6.07) is 11.5. The zero-order chi connectivity index (χ0) is 19.0. The molecule has 6 heteroatoms. The van der Waals surface area contributed by atoms with E-state index in [0.717, 1.165) is 21.3 Å². The van der Waals surface area contributed by atoms with Crippen molar-refractivity contribution >= 4 is 27.5 Å². The van der Waals surface area contributed by atoms with Crippen LogP contribution in [0, 0.1) is 26.2 Å². The number of terminal acetylenes is 1. The molecule has 0 N–H and O–H groups in total. The maximum absolute atomic E-state index is 12.7. The van der Waals surface area contributed by atoms with Gasteiger partial charge in [-0.15, -0.1) is 6.42 Å². The molecule has 1 aromatic heterocycles. The zero-order valence-corrected chi connectivity index (χ0v) is 15.9. The van der Waals surface area contributed by atoms with Crippen molar-refractivity contribution in [3.8, 4) is 23.8 Å². The molecule has 1 atom stereocenters. The third kappa shape index (κ3) is 3.22. The van der Waals surface area contributed by atoms with E-state index in [4.69, 9.17) is 15.9 Å². The Kier molecular flexibility index (Phi) is 4.46. The Morgan fingerprint density at radius 2 is 2.11 bits per heavy atom. The van der Waals surface area contributed by atoms with E-state index in [1.54, 1.807) is 6.07 Å². The molecule has 1 amide bonds. The summed E-state index contributed by atoms with van der Waals surface area (Å²) in [5.74, 6) is 3.46. The van der Waals surface area contributed by atoms with Gasteiger partial charge in [0.15, 0.2) is 16.3 Å².